The molecule has 0 aromatic heterocycles. The van der Waals surface area contributed by atoms with Crippen molar-refractivity contribution in [2.75, 3.05) is 13.1 Å². The summed E-state index contributed by atoms with van der Waals surface area (Å²) in [5.74, 6) is 0.206. The van der Waals surface area contributed by atoms with Crippen LogP contribution in [0.2, 0.25) is 0 Å². The third kappa shape index (κ3) is 8.44. The number of hydrogen-bond acceptors (Lipinski definition) is 2. The quantitative estimate of drug-likeness (QED) is 0.799. The minimum atomic E-state index is 0. The molecule has 1 fully saturated rings. The van der Waals surface area contributed by atoms with Crippen LogP contribution in [0.4, 0.5) is 0 Å². The highest BCUT2D eigenvalue weighted by Gasteiger charge is 2.15. The van der Waals surface area contributed by atoms with Crippen molar-refractivity contribution in [3.05, 3.63) is 0 Å². The molecule has 0 aromatic carbocycles. The Kier molecular flexibility index (Phi) is 7.80. The molecule has 102 valence electrons. The Labute approximate surface area is 112 Å². The van der Waals surface area contributed by atoms with Crippen molar-refractivity contribution in [3.63, 3.8) is 0 Å². The molecular weight excluding hydrogens is 236 g/mol. The Bertz CT molecular complexity index is 220. The molecule has 0 radical (unpaired) electrons. The normalized spacial score (nSPS) is 19.8. The van der Waals surface area contributed by atoms with Crippen molar-refractivity contribution in [2.45, 2.75) is 58.9 Å². The largest absolute Gasteiger partial charge is 0.356 e. The highest BCUT2D eigenvalue weighted by Crippen LogP contribution is 2.17. The zero-order valence-corrected chi connectivity index (χ0v) is 12.2. The lowest BCUT2D eigenvalue weighted by Gasteiger charge is -2.18. The van der Waals surface area contributed by atoms with Gasteiger partial charge in [0.15, 0.2) is 0 Å². The Morgan fingerprint density at radius 1 is 1.41 bits per heavy atom. The van der Waals surface area contributed by atoms with E-state index in [0.29, 0.717) is 17.9 Å². The summed E-state index contributed by atoms with van der Waals surface area (Å²) in [4.78, 5) is 11.5. The second-order valence-electron chi connectivity index (χ2n) is 5.99. The molecule has 1 amide bonds. The van der Waals surface area contributed by atoms with Gasteiger partial charge in [-0.05, 0) is 37.6 Å². The number of halogens is 1. The topological polar surface area (TPSA) is 41.1 Å². The van der Waals surface area contributed by atoms with Gasteiger partial charge in [-0.15, -0.1) is 12.4 Å². The van der Waals surface area contributed by atoms with Gasteiger partial charge < -0.3 is 10.6 Å². The van der Waals surface area contributed by atoms with Crippen LogP contribution in [0.5, 0.6) is 0 Å². The van der Waals surface area contributed by atoms with Crippen molar-refractivity contribution in [3.8, 4) is 0 Å². The molecule has 1 atom stereocenters. The molecule has 0 aromatic rings. The number of carbonyl (C=O) groups excluding carboxylic acids is 1. The molecule has 1 aliphatic heterocycles. The summed E-state index contributed by atoms with van der Waals surface area (Å²) in [6, 6.07) is 0.577. The lowest BCUT2D eigenvalue weighted by Crippen LogP contribution is -2.29. The van der Waals surface area contributed by atoms with Crippen LogP contribution in [-0.4, -0.2) is 25.0 Å². The molecule has 1 saturated heterocycles. The molecule has 17 heavy (non-hydrogen) atoms. The van der Waals surface area contributed by atoms with Crippen LogP contribution in [0, 0.1) is 5.41 Å². The summed E-state index contributed by atoms with van der Waals surface area (Å²) in [5, 5.41) is 6.41. The van der Waals surface area contributed by atoms with Gasteiger partial charge in [-0.3, -0.25) is 4.79 Å². The van der Waals surface area contributed by atoms with E-state index in [1.807, 2.05) is 0 Å². The first-order valence-electron chi connectivity index (χ1n) is 6.47. The zero-order chi connectivity index (χ0) is 12.0. The fourth-order valence-electron chi connectivity index (χ4n) is 1.97. The number of amides is 1. The van der Waals surface area contributed by atoms with Crippen molar-refractivity contribution in [2.24, 2.45) is 5.41 Å². The first kappa shape index (κ1) is 16.7. The Hall–Kier alpha value is -0.280. The van der Waals surface area contributed by atoms with Gasteiger partial charge in [-0.25, -0.2) is 0 Å². The van der Waals surface area contributed by atoms with E-state index in [4.69, 9.17) is 0 Å². The van der Waals surface area contributed by atoms with E-state index in [-0.39, 0.29) is 18.3 Å². The van der Waals surface area contributed by atoms with Crippen molar-refractivity contribution in [1.29, 1.82) is 0 Å². The lowest BCUT2D eigenvalue weighted by atomic mass is 9.92. The highest BCUT2D eigenvalue weighted by atomic mass is 35.5. The van der Waals surface area contributed by atoms with Crippen molar-refractivity contribution >= 4 is 18.3 Å². The molecular formula is C13H27ClN2O. The van der Waals surface area contributed by atoms with Gasteiger partial charge >= 0.3 is 0 Å². The second kappa shape index (κ2) is 7.93. The Morgan fingerprint density at radius 2 is 2.12 bits per heavy atom. The van der Waals surface area contributed by atoms with Gasteiger partial charge in [0.05, 0.1) is 0 Å². The Balaban J connectivity index is 0.00000256. The van der Waals surface area contributed by atoms with Gasteiger partial charge in [-0.2, -0.15) is 0 Å². The molecule has 1 rings (SSSR count). The molecule has 0 bridgehead atoms. The van der Waals surface area contributed by atoms with Gasteiger partial charge in [0.25, 0.3) is 0 Å². The molecule has 1 unspecified atom stereocenters. The molecule has 3 nitrogen and oxygen atoms in total. The maximum Gasteiger partial charge on any atom is 0.220 e. The minimum Gasteiger partial charge on any atom is -0.356 e. The van der Waals surface area contributed by atoms with Crippen LogP contribution in [0.1, 0.15) is 52.9 Å². The number of carbonyl (C=O) groups is 1. The molecule has 4 heteroatoms. The van der Waals surface area contributed by atoms with E-state index in [0.717, 1.165) is 25.9 Å². The number of rotatable bonds is 5. The van der Waals surface area contributed by atoms with E-state index in [9.17, 15) is 4.79 Å². The predicted octanol–water partition coefficient (Wildman–Crippen LogP) is 2.49. The van der Waals surface area contributed by atoms with Gasteiger partial charge in [0.2, 0.25) is 5.91 Å². The molecule has 0 saturated carbocycles. The van der Waals surface area contributed by atoms with E-state index in [1.165, 1.54) is 12.8 Å². The summed E-state index contributed by atoms with van der Waals surface area (Å²) in [6.07, 6.45) is 5.19. The second-order valence-corrected chi connectivity index (χ2v) is 5.99. The summed E-state index contributed by atoms with van der Waals surface area (Å²) in [6.45, 7) is 8.52. The van der Waals surface area contributed by atoms with E-state index in [2.05, 4.69) is 31.4 Å². The number of hydrogen-bond donors (Lipinski definition) is 2. The van der Waals surface area contributed by atoms with Crippen LogP contribution in [0.25, 0.3) is 0 Å². The van der Waals surface area contributed by atoms with Gasteiger partial charge in [0.1, 0.15) is 0 Å². The highest BCUT2D eigenvalue weighted by molar-refractivity contribution is 5.85. The fourth-order valence-corrected chi connectivity index (χ4v) is 1.97. The van der Waals surface area contributed by atoms with Crippen LogP contribution in [0.15, 0.2) is 0 Å². The molecule has 1 aliphatic rings. The standard InChI is InChI=1S/C13H26N2O.ClH/c1-13(2,3)8-10-15-12(16)7-6-11-5-4-9-14-11;/h11,14H,4-10H2,1-3H3,(H,15,16);1H. The smallest absolute Gasteiger partial charge is 0.220 e. The van der Waals surface area contributed by atoms with Crippen LogP contribution in [0.3, 0.4) is 0 Å². The average Bonchev–Trinajstić information content (AvgIpc) is 2.65. The maximum atomic E-state index is 11.5. The van der Waals surface area contributed by atoms with Crippen LogP contribution in [-0.2, 0) is 4.79 Å². The van der Waals surface area contributed by atoms with E-state index < -0.39 is 0 Å². The maximum absolute atomic E-state index is 11.5. The molecule has 1 heterocycles. The van der Waals surface area contributed by atoms with E-state index >= 15 is 0 Å². The first-order valence-corrected chi connectivity index (χ1v) is 6.47. The van der Waals surface area contributed by atoms with Crippen LogP contribution < -0.4 is 10.6 Å². The van der Waals surface area contributed by atoms with Crippen LogP contribution >= 0.6 is 12.4 Å². The van der Waals surface area contributed by atoms with Gasteiger partial charge in [-0.1, -0.05) is 20.8 Å². The van der Waals surface area contributed by atoms with E-state index in [1.54, 1.807) is 0 Å². The SMILES string of the molecule is CC(C)(C)CCNC(=O)CCC1CCCN1.Cl. The predicted molar refractivity (Wildman–Crippen MR) is 74.6 cm³/mol. The molecule has 2 N–H and O–H groups in total. The Morgan fingerprint density at radius 3 is 2.65 bits per heavy atom. The molecule has 0 aliphatic carbocycles. The third-order valence-electron chi connectivity index (χ3n) is 3.08. The summed E-state index contributed by atoms with van der Waals surface area (Å²) >= 11 is 0. The van der Waals surface area contributed by atoms with Gasteiger partial charge in [0, 0.05) is 19.0 Å². The fraction of sp³-hybridized carbons (Fsp3) is 0.923. The lowest BCUT2D eigenvalue weighted by molar-refractivity contribution is -0.121. The van der Waals surface area contributed by atoms with Crippen molar-refractivity contribution in [1.82, 2.24) is 10.6 Å². The minimum absolute atomic E-state index is 0. The zero-order valence-electron chi connectivity index (χ0n) is 11.3. The van der Waals surface area contributed by atoms with Crippen molar-refractivity contribution < 1.29 is 4.79 Å². The third-order valence-corrected chi connectivity index (χ3v) is 3.08. The summed E-state index contributed by atoms with van der Waals surface area (Å²) in [7, 11) is 0. The first-order chi connectivity index (χ1) is 7.47. The average molecular weight is 263 g/mol. The molecule has 0 spiro atoms. The summed E-state index contributed by atoms with van der Waals surface area (Å²) < 4.78 is 0. The monoisotopic (exact) mass is 262 g/mol. The summed E-state index contributed by atoms with van der Waals surface area (Å²) in [5.41, 5.74) is 0.306. The number of nitrogens with one attached hydrogen (secondary N) is 2.